The van der Waals surface area contributed by atoms with Crippen LogP contribution in [0.5, 0.6) is 5.75 Å². The van der Waals surface area contributed by atoms with Crippen molar-refractivity contribution in [3.05, 3.63) is 65.7 Å². The molecule has 3 nitrogen and oxygen atoms in total. The monoisotopic (exact) mass is 284 g/mol. The summed E-state index contributed by atoms with van der Waals surface area (Å²) in [4.78, 5) is 12.4. The van der Waals surface area contributed by atoms with Crippen LogP contribution in [0.1, 0.15) is 25.0 Å². The number of carbonyl (C=O) groups excluding carboxylic acids is 1. The highest BCUT2D eigenvalue weighted by atomic mass is 16.6. The second kappa shape index (κ2) is 6.44. The van der Waals surface area contributed by atoms with E-state index >= 15 is 0 Å². The van der Waals surface area contributed by atoms with E-state index in [2.05, 4.69) is 0 Å². The first kappa shape index (κ1) is 15.1. The van der Waals surface area contributed by atoms with Crippen LogP contribution in [0, 0.1) is 6.92 Å². The van der Waals surface area contributed by atoms with E-state index in [1.165, 1.54) is 0 Å². The summed E-state index contributed by atoms with van der Waals surface area (Å²) in [6.45, 7) is 5.85. The van der Waals surface area contributed by atoms with Crippen LogP contribution in [-0.2, 0) is 15.1 Å². The summed E-state index contributed by atoms with van der Waals surface area (Å²) in [5.74, 6) is 0.247. The van der Waals surface area contributed by atoms with Crippen LogP contribution < -0.4 is 4.74 Å². The molecule has 0 heterocycles. The summed E-state index contributed by atoms with van der Waals surface area (Å²) < 4.78 is 11.2. The molecule has 1 unspecified atom stereocenters. The molecule has 0 spiro atoms. The molecule has 2 aromatic rings. The van der Waals surface area contributed by atoms with Crippen molar-refractivity contribution in [3.63, 3.8) is 0 Å². The lowest BCUT2D eigenvalue weighted by molar-refractivity contribution is -0.161. The summed E-state index contributed by atoms with van der Waals surface area (Å²) >= 11 is 0. The number of benzene rings is 2. The summed E-state index contributed by atoms with van der Waals surface area (Å²) in [5.41, 5.74) is 0.746. The van der Waals surface area contributed by atoms with Crippen LogP contribution >= 0.6 is 0 Å². The van der Waals surface area contributed by atoms with Crippen molar-refractivity contribution < 1.29 is 14.3 Å². The first-order chi connectivity index (χ1) is 10.1. The van der Waals surface area contributed by atoms with Crippen LogP contribution in [0.4, 0.5) is 0 Å². The fourth-order valence-corrected chi connectivity index (χ4v) is 2.09. The van der Waals surface area contributed by atoms with E-state index in [1.807, 2.05) is 61.5 Å². The molecule has 21 heavy (non-hydrogen) atoms. The number of hydrogen-bond acceptors (Lipinski definition) is 3. The maximum absolute atomic E-state index is 12.4. The van der Waals surface area contributed by atoms with Gasteiger partial charge in [0, 0.05) is 5.56 Å². The molecular formula is C18H20O3. The van der Waals surface area contributed by atoms with Crippen molar-refractivity contribution >= 4 is 5.97 Å². The van der Waals surface area contributed by atoms with Gasteiger partial charge in [-0.2, -0.15) is 0 Å². The molecule has 2 rings (SSSR count). The maximum Gasteiger partial charge on any atom is 0.354 e. The third-order valence-electron chi connectivity index (χ3n) is 3.33. The highest BCUT2D eigenvalue weighted by molar-refractivity contribution is 5.81. The number of rotatable bonds is 5. The maximum atomic E-state index is 12.4. The first-order valence-corrected chi connectivity index (χ1v) is 7.04. The molecule has 0 saturated heterocycles. The molecule has 110 valence electrons. The van der Waals surface area contributed by atoms with Crippen LogP contribution in [0.25, 0.3) is 0 Å². The van der Waals surface area contributed by atoms with E-state index in [4.69, 9.17) is 9.47 Å². The third-order valence-corrected chi connectivity index (χ3v) is 3.33. The quantitative estimate of drug-likeness (QED) is 0.782. The Morgan fingerprint density at radius 2 is 1.67 bits per heavy atom. The van der Waals surface area contributed by atoms with Gasteiger partial charge in [0.1, 0.15) is 5.75 Å². The van der Waals surface area contributed by atoms with Gasteiger partial charge in [-0.1, -0.05) is 48.0 Å². The van der Waals surface area contributed by atoms with Crippen LogP contribution in [0.3, 0.4) is 0 Å². The van der Waals surface area contributed by atoms with Crippen molar-refractivity contribution in [1.29, 1.82) is 0 Å². The van der Waals surface area contributed by atoms with Gasteiger partial charge >= 0.3 is 5.97 Å². The van der Waals surface area contributed by atoms with Crippen molar-refractivity contribution in [2.75, 3.05) is 6.61 Å². The number of esters is 1. The topological polar surface area (TPSA) is 35.5 Å². The standard InChI is InChI=1S/C18H20O3/c1-4-20-17(19)18(3,15-8-6-5-7-9-15)21-16-12-10-14(2)11-13-16/h5-13H,4H2,1-3H3. The van der Waals surface area contributed by atoms with Gasteiger partial charge in [-0.15, -0.1) is 0 Å². The highest BCUT2D eigenvalue weighted by Crippen LogP contribution is 2.29. The molecule has 0 bridgehead atoms. The fourth-order valence-electron chi connectivity index (χ4n) is 2.09. The molecule has 0 saturated carbocycles. The average molecular weight is 284 g/mol. The fraction of sp³-hybridized carbons (Fsp3) is 0.278. The Kier molecular flexibility index (Phi) is 4.63. The lowest BCUT2D eigenvalue weighted by atomic mass is 9.95. The Bertz CT molecular complexity index is 590. The molecule has 2 aromatic carbocycles. The zero-order chi connectivity index (χ0) is 15.3. The van der Waals surface area contributed by atoms with Crippen LogP contribution in [-0.4, -0.2) is 12.6 Å². The smallest absolute Gasteiger partial charge is 0.354 e. The predicted molar refractivity (Wildman–Crippen MR) is 82.2 cm³/mol. The Balaban J connectivity index is 2.36. The van der Waals surface area contributed by atoms with Crippen molar-refractivity contribution in [3.8, 4) is 5.75 Å². The van der Waals surface area contributed by atoms with Crippen molar-refractivity contribution in [2.24, 2.45) is 0 Å². The zero-order valence-electron chi connectivity index (χ0n) is 12.6. The normalized spacial score (nSPS) is 13.3. The summed E-state index contributed by atoms with van der Waals surface area (Å²) in [6.07, 6.45) is 0. The number of hydrogen-bond donors (Lipinski definition) is 0. The molecule has 0 fully saturated rings. The third kappa shape index (κ3) is 3.43. The van der Waals surface area contributed by atoms with Gasteiger partial charge in [0.25, 0.3) is 0 Å². The second-order valence-corrected chi connectivity index (χ2v) is 5.03. The SMILES string of the molecule is CCOC(=O)C(C)(Oc1ccc(C)cc1)c1ccccc1. The first-order valence-electron chi connectivity index (χ1n) is 7.04. The van der Waals surface area contributed by atoms with E-state index < -0.39 is 11.6 Å². The molecule has 1 atom stereocenters. The van der Waals surface area contributed by atoms with Gasteiger partial charge in [-0.05, 0) is 32.9 Å². The molecule has 0 amide bonds. The Morgan fingerprint density at radius 1 is 1.05 bits per heavy atom. The lowest BCUT2D eigenvalue weighted by Crippen LogP contribution is -2.40. The van der Waals surface area contributed by atoms with Gasteiger partial charge < -0.3 is 9.47 Å². The zero-order valence-corrected chi connectivity index (χ0v) is 12.6. The summed E-state index contributed by atoms with van der Waals surface area (Å²) in [5, 5.41) is 0. The highest BCUT2D eigenvalue weighted by Gasteiger charge is 2.39. The van der Waals surface area contributed by atoms with Gasteiger partial charge in [0.15, 0.2) is 0 Å². The number of ether oxygens (including phenoxy) is 2. The average Bonchev–Trinajstić information content (AvgIpc) is 2.50. The Labute approximate surface area is 125 Å². The minimum atomic E-state index is -1.16. The lowest BCUT2D eigenvalue weighted by Gasteiger charge is -2.29. The molecule has 0 radical (unpaired) electrons. The minimum absolute atomic E-state index is 0.318. The molecule has 0 N–H and O–H groups in total. The van der Waals surface area contributed by atoms with Gasteiger partial charge in [-0.25, -0.2) is 4.79 Å². The number of carbonyl (C=O) groups is 1. The van der Waals surface area contributed by atoms with Crippen LogP contribution in [0.15, 0.2) is 54.6 Å². The summed E-state index contributed by atoms with van der Waals surface area (Å²) in [6, 6.07) is 17.0. The van der Waals surface area contributed by atoms with E-state index in [1.54, 1.807) is 13.8 Å². The van der Waals surface area contributed by atoms with Gasteiger partial charge in [0.2, 0.25) is 5.60 Å². The van der Waals surface area contributed by atoms with E-state index in [9.17, 15) is 4.79 Å². The summed E-state index contributed by atoms with van der Waals surface area (Å²) in [7, 11) is 0. The minimum Gasteiger partial charge on any atom is -0.471 e. The van der Waals surface area contributed by atoms with E-state index in [-0.39, 0.29) is 0 Å². The second-order valence-electron chi connectivity index (χ2n) is 5.03. The van der Waals surface area contributed by atoms with Gasteiger partial charge in [0.05, 0.1) is 6.61 Å². The molecule has 0 aromatic heterocycles. The molecule has 0 aliphatic carbocycles. The predicted octanol–water partition coefficient (Wildman–Crippen LogP) is 3.85. The van der Waals surface area contributed by atoms with Crippen molar-refractivity contribution in [1.82, 2.24) is 0 Å². The van der Waals surface area contributed by atoms with E-state index in [0.717, 1.165) is 11.1 Å². The molecule has 0 aliphatic heterocycles. The molecule has 3 heteroatoms. The Morgan fingerprint density at radius 3 is 2.24 bits per heavy atom. The van der Waals surface area contributed by atoms with Gasteiger partial charge in [-0.3, -0.25) is 0 Å². The number of aryl methyl sites for hydroxylation is 1. The van der Waals surface area contributed by atoms with Crippen molar-refractivity contribution in [2.45, 2.75) is 26.4 Å². The molecule has 0 aliphatic rings. The van der Waals surface area contributed by atoms with Crippen LogP contribution in [0.2, 0.25) is 0 Å². The molecular weight excluding hydrogens is 264 g/mol. The van der Waals surface area contributed by atoms with E-state index in [0.29, 0.717) is 12.4 Å². The Hall–Kier alpha value is -2.29. The largest absolute Gasteiger partial charge is 0.471 e.